The number of methoxy groups -OCH3 is 1. The first-order chi connectivity index (χ1) is 15.8. The van der Waals surface area contributed by atoms with Gasteiger partial charge < -0.3 is 15.4 Å². The van der Waals surface area contributed by atoms with Crippen molar-refractivity contribution in [1.82, 2.24) is 10.2 Å². The number of carbonyl (C=O) groups excluding carboxylic acids is 3. The Hall–Kier alpha value is -3.95. The molecule has 1 aliphatic rings. The SMILES string of the molecule is COc1cc(NC(=O)CN2C(=O)N[C@](C)(c3ccc(C(C)(C)C)cc3)C2=O)c(C)cc1[N+](=O)[O-]. The maximum atomic E-state index is 13.2. The van der Waals surface area contributed by atoms with Crippen molar-refractivity contribution in [2.45, 2.75) is 45.6 Å². The highest BCUT2D eigenvalue weighted by molar-refractivity contribution is 6.10. The summed E-state index contributed by atoms with van der Waals surface area (Å²) < 4.78 is 5.04. The number of nitro groups is 1. The number of anilines is 1. The molecule has 180 valence electrons. The van der Waals surface area contributed by atoms with Crippen molar-refractivity contribution in [2.24, 2.45) is 0 Å². The summed E-state index contributed by atoms with van der Waals surface area (Å²) in [7, 11) is 1.28. The number of carbonyl (C=O) groups is 3. The summed E-state index contributed by atoms with van der Waals surface area (Å²) in [6.45, 7) is 8.91. The molecule has 1 saturated heterocycles. The van der Waals surface area contributed by atoms with Crippen molar-refractivity contribution in [2.75, 3.05) is 19.0 Å². The Morgan fingerprint density at radius 2 is 1.82 bits per heavy atom. The van der Waals surface area contributed by atoms with Gasteiger partial charge in [0.05, 0.1) is 12.0 Å². The first kappa shape index (κ1) is 24.7. The number of hydrogen-bond acceptors (Lipinski definition) is 6. The molecule has 0 radical (unpaired) electrons. The van der Waals surface area contributed by atoms with E-state index in [9.17, 15) is 24.5 Å². The van der Waals surface area contributed by atoms with Crippen molar-refractivity contribution in [3.05, 3.63) is 63.2 Å². The summed E-state index contributed by atoms with van der Waals surface area (Å²) in [6.07, 6.45) is 0. The summed E-state index contributed by atoms with van der Waals surface area (Å²) in [5, 5.41) is 16.4. The second-order valence-electron chi connectivity index (χ2n) is 9.42. The number of nitrogens with one attached hydrogen (secondary N) is 2. The Balaban J connectivity index is 1.78. The average Bonchev–Trinajstić information content (AvgIpc) is 2.98. The van der Waals surface area contributed by atoms with E-state index < -0.39 is 34.9 Å². The van der Waals surface area contributed by atoms with Crippen LogP contribution in [0.5, 0.6) is 5.75 Å². The minimum atomic E-state index is -1.31. The number of imide groups is 1. The molecule has 4 amide bonds. The minimum Gasteiger partial charge on any atom is -0.490 e. The summed E-state index contributed by atoms with van der Waals surface area (Å²) in [5.41, 5.74) is 0.799. The Morgan fingerprint density at radius 1 is 1.21 bits per heavy atom. The van der Waals surface area contributed by atoms with E-state index >= 15 is 0 Å². The van der Waals surface area contributed by atoms with Crippen molar-refractivity contribution in [1.29, 1.82) is 0 Å². The van der Waals surface area contributed by atoms with E-state index in [2.05, 4.69) is 31.4 Å². The van der Waals surface area contributed by atoms with Gasteiger partial charge in [0, 0.05) is 17.8 Å². The van der Waals surface area contributed by atoms with Gasteiger partial charge in [0.1, 0.15) is 12.1 Å². The molecule has 0 unspecified atom stereocenters. The van der Waals surface area contributed by atoms with Gasteiger partial charge in [0.15, 0.2) is 5.75 Å². The Bertz CT molecular complexity index is 1170. The molecule has 0 bridgehead atoms. The normalized spacial score (nSPS) is 18.0. The highest BCUT2D eigenvalue weighted by Gasteiger charge is 2.49. The van der Waals surface area contributed by atoms with Crippen molar-refractivity contribution < 1.29 is 24.0 Å². The van der Waals surface area contributed by atoms with Crippen LogP contribution in [0.3, 0.4) is 0 Å². The second-order valence-corrected chi connectivity index (χ2v) is 9.42. The van der Waals surface area contributed by atoms with Gasteiger partial charge >= 0.3 is 11.7 Å². The van der Waals surface area contributed by atoms with Gasteiger partial charge in [-0.25, -0.2) is 4.79 Å². The van der Waals surface area contributed by atoms with Crippen LogP contribution in [-0.2, 0) is 20.5 Å². The molecule has 0 saturated carbocycles. The van der Waals surface area contributed by atoms with E-state index in [0.29, 0.717) is 11.1 Å². The number of hydrogen-bond donors (Lipinski definition) is 2. The fraction of sp³-hybridized carbons (Fsp3) is 0.375. The second kappa shape index (κ2) is 8.77. The molecule has 34 heavy (non-hydrogen) atoms. The highest BCUT2D eigenvalue weighted by Crippen LogP contribution is 2.33. The zero-order valence-corrected chi connectivity index (χ0v) is 20.0. The molecule has 0 aliphatic carbocycles. The highest BCUT2D eigenvalue weighted by atomic mass is 16.6. The molecular formula is C24H28N4O6. The molecule has 1 fully saturated rings. The van der Waals surface area contributed by atoms with Crippen LogP contribution in [0, 0.1) is 17.0 Å². The first-order valence-electron chi connectivity index (χ1n) is 10.7. The molecule has 2 N–H and O–H groups in total. The van der Waals surface area contributed by atoms with Gasteiger partial charge in [0.25, 0.3) is 5.91 Å². The lowest BCUT2D eigenvalue weighted by molar-refractivity contribution is -0.385. The summed E-state index contributed by atoms with van der Waals surface area (Å²) >= 11 is 0. The molecular weight excluding hydrogens is 440 g/mol. The molecule has 10 heteroatoms. The fourth-order valence-electron chi connectivity index (χ4n) is 3.79. The van der Waals surface area contributed by atoms with Gasteiger partial charge in [-0.05, 0) is 36.0 Å². The van der Waals surface area contributed by atoms with Crippen LogP contribution in [0.2, 0.25) is 0 Å². The van der Waals surface area contributed by atoms with E-state index in [1.807, 2.05) is 12.1 Å². The number of benzene rings is 2. The van der Waals surface area contributed by atoms with E-state index in [1.165, 1.54) is 19.2 Å². The van der Waals surface area contributed by atoms with E-state index in [0.717, 1.165) is 10.5 Å². The average molecular weight is 469 g/mol. The maximum Gasteiger partial charge on any atom is 0.325 e. The summed E-state index contributed by atoms with van der Waals surface area (Å²) in [4.78, 5) is 49.9. The van der Waals surface area contributed by atoms with E-state index in [4.69, 9.17) is 4.74 Å². The quantitative estimate of drug-likeness (QED) is 0.378. The summed E-state index contributed by atoms with van der Waals surface area (Å²) in [6, 6.07) is 9.36. The number of amides is 4. The molecule has 1 aliphatic heterocycles. The van der Waals surface area contributed by atoms with Gasteiger partial charge in [-0.3, -0.25) is 24.6 Å². The smallest absolute Gasteiger partial charge is 0.325 e. The lowest BCUT2D eigenvalue weighted by atomic mass is 9.84. The van der Waals surface area contributed by atoms with Crippen LogP contribution in [0.25, 0.3) is 0 Å². The molecule has 3 rings (SSSR count). The third kappa shape index (κ3) is 4.57. The molecule has 10 nitrogen and oxygen atoms in total. The van der Waals surface area contributed by atoms with Gasteiger partial charge in [0.2, 0.25) is 5.91 Å². The standard InChI is InChI=1S/C24H28N4O6/c1-14-11-18(28(32)33)19(34-6)12-17(14)25-20(29)13-27-21(30)24(5,26-22(27)31)16-9-7-15(8-10-16)23(2,3)4/h7-12H,13H2,1-6H3,(H,25,29)(H,26,31)/t24-/m1/s1. The molecule has 0 spiro atoms. The lowest BCUT2D eigenvalue weighted by Gasteiger charge is -2.24. The number of ether oxygens (including phenoxy) is 1. The number of nitro benzene ring substituents is 1. The third-order valence-corrected chi connectivity index (χ3v) is 5.90. The van der Waals surface area contributed by atoms with E-state index in [-0.39, 0.29) is 22.5 Å². The number of nitrogens with zero attached hydrogens (tertiary/aromatic N) is 2. The first-order valence-corrected chi connectivity index (χ1v) is 10.7. The zero-order valence-electron chi connectivity index (χ0n) is 20.0. The Labute approximate surface area is 197 Å². The van der Waals surface area contributed by atoms with Gasteiger partial charge in [-0.2, -0.15) is 0 Å². The number of urea groups is 1. The number of aryl methyl sites for hydroxylation is 1. The third-order valence-electron chi connectivity index (χ3n) is 5.90. The van der Waals surface area contributed by atoms with Crippen LogP contribution >= 0.6 is 0 Å². The van der Waals surface area contributed by atoms with Crippen molar-refractivity contribution in [3.63, 3.8) is 0 Å². The summed E-state index contributed by atoms with van der Waals surface area (Å²) in [5.74, 6) is -1.20. The molecule has 1 heterocycles. The van der Waals surface area contributed by atoms with Gasteiger partial charge in [-0.1, -0.05) is 45.0 Å². The largest absolute Gasteiger partial charge is 0.490 e. The fourth-order valence-corrected chi connectivity index (χ4v) is 3.79. The lowest BCUT2D eigenvalue weighted by Crippen LogP contribution is -2.42. The molecule has 1 atom stereocenters. The monoisotopic (exact) mass is 468 g/mol. The van der Waals surface area contributed by atoms with Crippen LogP contribution in [0.1, 0.15) is 44.4 Å². The van der Waals surface area contributed by atoms with Gasteiger partial charge in [-0.15, -0.1) is 0 Å². The zero-order chi connectivity index (χ0) is 25.4. The Kier molecular flexibility index (Phi) is 6.37. The van der Waals surface area contributed by atoms with Crippen LogP contribution < -0.4 is 15.4 Å². The molecule has 0 aromatic heterocycles. The Morgan fingerprint density at radius 3 is 2.35 bits per heavy atom. The number of rotatable bonds is 6. The maximum absolute atomic E-state index is 13.2. The predicted molar refractivity (Wildman–Crippen MR) is 126 cm³/mol. The minimum absolute atomic E-state index is 0.0211. The van der Waals surface area contributed by atoms with E-state index in [1.54, 1.807) is 26.0 Å². The van der Waals surface area contributed by atoms with Crippen molar-refractivity contribution >= 4 is 29.2 Å². The predicted octanol–water partition coefficient (Wildman–Crippen LogP) is 3.62. The topological polar surface area (TPSA) is 131 Å². The van der Waals surface area contributed by atoms with Crippen molar-refractivity contribution in [3.8, 4) is 5.75 Å². The molecule has 2 aromatic rings. The van der Waals surface area contributed by atoms with Crippen LogP contribution in [0.4, 0.5) is 16.2 Å². The van der Waals surface area contributed by atoms with Crippen LogP contribution in [-0.4, -0.2) is 41.3 Å². The molecule has 2 aromatic carbocycles. The van der Waals surface area contributed by atoms with Crippen LogP contribution in [0.15, 0.2) is 36.4 Å².